The van der Waals surface area contributed by atoms with E-state index in [1.165, 1.54) is 6.07 Å². The van der Waals surface area contributed by atoms with Crippen molar-refractivity contribution in [3.8, 4) is 0 Å². The van der Waals surface area contributed by atoms with Crippen LogP contribution in [0.25, 0.3) is 0 Å². The number of ether oxygens (including phenoxy) is 2. The highest BCUT2D eigenvalue weighted by Crippen LogP contribution is 2.12. The van der Waals surface area contributed by atoms with Crippen LogP contribution in [0.1, 0.15) is 29.9 Å². The summed E-state index contributed by atoms with van der Waals surface area (Å²) in [5.41, 5.74) is 1.09. The molecular formula is C12H16ClNO3. The molecule has 0 amide bonds. The van der Waals surface area contributed by atoms with Crippen molar-refractivity contribution in [1.29, 1.82) is 0 Å². The van der Waals surface area contributed by atoms with Crippen LogP contribution < -0.4 is 0 Å². The summed E-state index contributed by atoms with van der Waals surface area (Å²) in [7, 11) is 0. The molecule has 1 rings (SSSR count). The number of aromatic nitrogens is 1. The zero-order valence-electron chi connectivity index (χ0n) is 10.2. The zero-order chi connectivity index (χ0) is 12.8. The molecule has 1 atom stereocenters. The molecule has 0 bridgehead atoms. The van der Waals surface area contributed by atoms with Crippen LogP contribution in [0.2, 0.25) is 5.15 Å². The van der Waals surface area contributed by atoms with Gasteiger partial charge in [0.2, 0.25) is 0 Å². The molecule has 17 heavy (non-hydrogen) atoms. The Hall–Kier alpha value is -1.13. The molecule has 0 saturated carbocycles. The first-order chi connectivity index (χ1) is 8.02. The minimum atomic E-state index is -0.412. The van der Waals surface area contributed by atoms with Crippen LogP contribution in [-0.2, 0) is 9.47 Å². The molecule has 5 heteroatoms. The lowest BCUT2D eigenvalue weighted by Gasteiger charge is -2.13. The molecule has 0 aliphatic heterocycles. The Bertz CT molecular complexity index is 375. The lowest BCUT2D eigenvalue weighted by Crippen LogP contribution is -2.20. The fourth-order valence-corrected chi connectivity index (χ4v) is 1.57. The molecule has 0 radical (unpaired) electrons. The molecule has 1 heterocycles. The molecule has 0 aliphatic carbocycles. The van der Waals surface area contributed by atoms with Crippen molar-refractivity contribution in [2.24, 2.45) is 0 Å². The third-order valence-corrected chi connectivity index (χ3v) is 2.22. The van der Waals surface area contributed by atoms with E-state index in [2.05, 4.69) is 4.98 Å². The maximum atomic E-state index is 11.8. The lowest BCUT2D eigenvalue weighted by atomic mass is 10.2. The van der Waals surface area contributed by atoms with E-state index in [1.54, 1.807) is 19.9 Å². The molecular weight excluding hydrogens is 242 g/mol. The van der Waals surface area contributed by atoms with Crippen molar-refractivity contribution in [3.05, 3.63) is 28.5 Å². The van der Waals surface area contributed by atoms with Gasteiger partial charge in [0.15, 0.2) is 0 Å². The second-order valence-electron chi connectivity index (χ2n) is 3.70. The highest BCUT2D eigenvalue weighted by Gasteiger charge is 2.13. The maximum absolute atomic E-state index is 11.8. The van der Waals surface area contributed by atoms with E-state index in [1.807, 2.05) is 6.92 Å². The van der Waals surface area contributed by atoms with Gasteiger partial charge < -0.3 is 9.47 Å². The van der Waals surface area contributed by atoms with E-state index in [0.29, 0.717) is 24.5 Å². The molecule has 94 valence electrons. The Kier molecular flexibility index (Phi) is 5.38. The Balaban J connectivity index is 2.63. The number of nitrogens with zero attached hydrogens (tertiary/aromatic N) is 1. The first-order valence-corrected chi connectivity index (χ1v) is 5.83. The number of hydrogen-bond donors (Lipinski definition) is 0. The van der Waals surface area contributed by atoms with Gasteiger partial charge in [0.1, 0.15) is 11.3 Å². The third-order valence-electron chi connectivity index (χ3n) is 2.02. The standard InChI is InChI=1S/C12H16ClNO3/c1-4-16-7-9(3)17-12(15)10-5-8(2)14-11(13)6-10/h5-6,9H,4,7H2,1-3H3. The van der Waals surface area contributed by atoms with Crippen LogP contribution in [-0.4, -0.2) is 30.3 Å². The number of halogens is 1. The van der Waals surface area contributed by atoms with Crippen molar-refractivity contribution in [2.45, 2.75) is 26.9 Å². The molecule has 4 nitrogen and oxygen atoms in total. The quantitative estimate of drug-likeness (QED) is 0.601. The van der Waals surface area contributed by atoms with E-state index >= 15 is 0 Å². The SMILES string of the molecule is CCOCC(C)OC(=O)c1cc(C)nc(Cl)c1. The van der Waals surface area contributed by atoms with Crippen LogP contribution in [0.4, 0.5) is 0 Å². The lowest BCUT2D eigenvalue weighted by molar-refractivity contribution is 0.00438. The summed E-state index contributed by atoms with van der Waals surface area (Å²) >= 11 is 5.77. The first-order valence-electron chi connectivity index (χ1n) is 5.45. The van der Waals surface area contributed by atoms with Gasteiger partial charge in [0.25, 0.3) is 0 Å². The van der Waals surface area contributed by atoms with Crippen LogP contribution in [0.15, 0.2) is 12.1 Å². The number of carbonyl (C=O) groups is 1. The van der Waals surface area contributed by atoms with Gasteiger partial charge in [-0.3, -0.25) is 0 Å². The molecule has 0 saturated heterocycles. The molecule has 0 N–H and O–H groups in total. The third kappa shape index (κ3) is 4.71. The van der Waals surface area contributed by atoms with E-state index in [0.717, 1.165) is 0 Å². The van der Waals surface area contributed by atoms with Crippen molar-refractivity contribution < 1.29 is 14.3 Å². The first kappa shape index (κ1) is 13.9. The minimum Gasteiger partial charge on any atom is -0.457 e. The topological polar surface area (TPSA) is 48.4 Å². The number of carbonyl (C=O) groups excluding carboxylic acids is 1. The molecule has 0 spiro atoms. The van der Waals surface area contributed by atoms with Crippen molar-refractivity contribution in [3.63, 3.8) is 0 Å². The zero-order valence-corrected chi connectivity index (χ0v) is 11.0. The van der Waals surface area contributed by atoms with E-state index in [9.17, 15) is 4.79 Å². The van der Waals surface area contributed by atoms with Crippen molar-refractivity contribution >= 4 is 17.6 Å². The average molecular weight is 258 g/mol. The van der Waals surface area contributed by atoms with Gasteiger partial charge in [0, 0.05) is 12.3 Å². The Morgan fingerprint density at radius 1 is 1.53 bits per heavy atom. The van der Waals surface area contributed by atoms with Gasteiger partial charge in [-0.15, -0.1) is 0 Å². The van der Waals surface area contributed by atoms with E-state index in [4.69, 9.17) is 21.1 Å². The van der Waals surface area contributed by atoms with Crippen LogP contribution >= 0.6 is 11.6 Å². The van der Waals surface area contributed by atoms with Gasteiger partial charge in [-0.2, -0.15) is 0 Å². The van der Waals surface area contributed by atoms with Gasteiger partial charge >= 0.3 is 5.97 Å². The Morgan fingerprint density at radius 3 is 2.82 bits per heavy atom. The largest absolute Gasteiger partial charge is 0.457 e. The predicted octanol–water partition coefficient (Wildman–Crippen LogP) is 2.63. The van der Waals surface area contributed by atoms with E-state index < -0.39 is 5.97 Å². The highest BCUT2D eigenvalue weighted by atomic mass is 35.5. The summed E-state index contributed by atoms with van der Waals surface area (Å²) in [5.74, 6) is -0.412. The summed E-state index contributed by atoms with van der Waals surface area (Å²) in [5, 5.41) is 0.286. The minimum absolute atomic E-state index is 0.283. The fraction of sp³-hybridized carbons (Fsp3) is 0.500. The molecule has 0 fully saturated rings. The Labute approximate surface area is 106 Å². The predicted molar refractivity (Wildman–Crippen MR) is 65.4 cm³/mol. The molecule has 1 aromatic heterocycles. The number of aryl methyl sites for hydroxylation is 1. The van der Waals surface area contributed by atoms with Crippen LogP contribution in [0.5, 0.6) is 0 Å². The summed E-state index contributed by atoms with van der Waals surface area (Å²) in [6.45, 7) is 6.43. The number of esters is 1. The Morgan fingerprint density at radius 2 is 2.24 bits per heavy atom. The summed E-state index contributed by atoms with van der Waals surface area (Å²) < 4.78 is 10.4. The molecule has 1 unspecified atom stereocenters. The second kappa shape index (κ2) is 6.57. The van der Waals surface area contributed by atoms with Crippen molar-refractivity contribution in [2.75, 3.05) is 13.2 Å². The highest BCUT2D eigenvalue weighted by molar-refractivity contribution is 6.29. The van der Waals surface area contributed by atoms with Gasteiger partial charge in [-0.1, -0.05) is 11.6 Å². The summed E-state index contributed by atoms with van der Waals surface area (Å²) in [4.78, 5) is 15.7. The normalized spacial score (nSPS) is 12.2. The summed E-state index contributed by atoms with van der Waals surface area (Å²) in [6.07, 6.45) is -0.283. The second-order valence-corrected chi connectivity index (χ2v) is 4.08. The smallest absolute Gasteiger partial charge is 0.338 e. The monoisotopic (exact) mass is 257 g/mol. The van der Waals surface area contributed by atoms with Gasteiger partial charge in [-0.25, -0.2) is 9.78 Å². The van der Waals surface area contributed by atoms with Crippen molar-refractivity contribution in [1.82, 2.24) is 4.98 Å². The van der Waals surface area contributed by atoms with Gasteiger partial charge in [-0.05, 0) is 32.9 Å². The maximum Gasteiger partial charge on any atom is 0.338 e. The average Bonchev–Trinajstić information content (AvgIpc) is 2.25. The van der Waals surface area contributed by atoms with Crippen LogP contribution in [0, 0.1) is 6.92 Å². The number of rotatable bonds is 5. The molecule has 0 aromatic carbocycles. The van der Waals surface area contributed by atoms with E-state index in [-0.39, 0.29) is 11.3 Å². The molecule has 0 aliphatic rings. The van der Waals surface area contributed by atoms with Gasteiger partial charge in [0.05, 0.1) is 12.2 Å². The molecule has 1 aromatic rings. The number of hydrogen-bond acceptors (Lipinski definition) is 4. The van der Waals surface area contributed by atoms with Crippen LogP contribution in [0.3, 0.4) is 0 Å². The number of pyridine rings is 1. The summed E-state index contributed by atoms with van der Waals surface area (Å²) in [6, 6.07) is 3.13. The fourth-order valence-electron chi connectivity index (χ4n) is 1.31.